The number of amides is 3. The molecule has 3 N–H and O–H groups in total. The van der Waals surface area contributed by atoms with Gasteiger partial charge in [0.1, 0.15) is 6.04 Å². The summed E-state index contributed by atoms with van der Waals surface area (Å²) in [6, 6.07) is -1.08. The highest BCUT2D eigenvalue weighted by Crippen LogP contribution is 2.29. The average Bonchev–Trinajstić information content (AvgIpc) is 2.45. The van der Waals surface area contributed by atoms with Crippen molar-refractivity contribution in [1.29, 1.82) is 0 Å². The van der Waals surface area contributed by atoms with Gasteiger partial charge in [0.05, 0.1) is 6.61 Å². The van der Waals surface area contributed by atoms with Gasteiger partial charge in [-0.1, -0.05) is 0 Å². The smallest absolute Gasteiger partial charge is 0.251 e. The first-order chi connectivity index (χ1) is 9.62. The van der Waals surface area contributed by atoms with E-state index in [1.165, 1.54) is 0 Å². The van der Waals surface area contributed by atoms with E-state index in [2.05, 4.69) is 5.32 Å². The molecule has 0 radical (unpaired) electrons. The molecule has 0 heterocycles. The minimum absolute atomic E-state index is 0.152. The molecule has 20 heavy (non-hydrogen) atoms. The van der Waals surface area contributed by atoms with Gasteiger partial charge in [0.2, 0.25) is 12.3 Å². The predicted molar refractivity (Wildman–Crippen MR) is 70.5 cm³/mol. The normalized spacial score (nSPS) is 23.7. The largest absolute Gasteiger partial charge is 0.394 e. The number of imide groups is 1. The Morgan fingerprint density at radius 2 is 2.00 bits per heavy atom. The zero-order chi connectivity index (χ0) is 15.0. The van der Waals surface area contributed by atoms with Crippen molar-refractivity contribution in [3.05, 3.63) is 0 Å². The van der Waals surface area contributed by atoms with Gasteiger partial charge >= 0.3 is 0 Å². The molecule has 1 aliphatic rings. The summed E-state index contributed by atoms with van der Waals surface area (Å²) in [5, 5.41) is 13.5. The van der Waals surface area contributed by atoms with Crippen molar-refractivity contribution in [2.24, 2.45) is 11.8 Å². The number of hydrogen-bond donors (Lipinski definition) is 3. The summed E-state index contributed by atoms with van der Waals surface area (Å²) in [5.74, 6) is -0.623. The summed E-state index contributed by atoms with van der Waals surface area (Å²) in [6.45, 7) is 0.166. The fourth-order valence-corrected chi connectivity index (χ4v) is 2.47. The van der Waals surface area contributed by atoms with Gasteiger partial charge in [-0.05, 0) is 31.6 Å². The number of methoxy groups -OCH3 is 1. The van der Waals surface area contributed by atoms with E-state index in [-0.39, 0.29) is 18.2 Å². The molecule has 1 unspecified atom stereocenters. The maximum atomic E-state index is 12.0. The molecule has 7 nitrogen and oxygen atoms in total. The molecule has 7 heteroatoms. The van der Waals surface area contributed by atoms with Crippen LogP contribution in [0.3, 0.4) is 0 Å². The van der Waals surface area contributed by atoms with Crippen LogP contribution in [0.1, 0.15) is 25.7 Å². The van der Waals surface area contributed by atoms with Gasteiger partial charge < -0.3 is 15.2 Å². The number of aliphatic hydroxyl groups is 1. The van der Waals surface area contributed by atoms with Crippen LogP contribution < -0.4 is 10.6 Å². The van der Waals surface area contributed by atoms with E-state index in [0.29, 0.717) is 12.5 Å². The number of aliphatic hydroxyl groups excluding tert-OH is 1. The molecule has 0 aromatic carbocycles. The lowest BCUT2D eigenvalue weighted by Crippen LogP contribution is -2.50. The Labute approximate surface area is 118 Å². The maximum absolute atomic E-state index is 12.0. The monoisotopic (exact) mass is 286 g/mol. The molecule has 0 aromatic heterocycles. The van der Waals surface area contributed by atoms with Crippen LogP contribution in [0.25, 0.3) is 0 Å². The maximum Gasteiger partial charge on any atom is 0.251 e. The standard InChI is InChI=1S/C13H22N2O5/c1-20-7-9-2-4-10(5-3-9)12(18)15-11(6-16)13(19)14-8-17/h8-11,16H,2-7H2,1H3,(H,15,18)(H,14,17,19). The van der Waals surface area contributed by atoms with Crippen molar-refractivity contribution in [2.75, 3.05) is 20.3 Å². The third kappa shape index (κ3) is 4.90. The van der Waals surface area contributed by atoms with Gasteiger partial charge in [-0.15, -0.1) is 0 Å². The van der Waals surface area contributed by atoms with Gasteiger partial charge in [0.25, 0.3) is 5.91 Å². The fraction of sp³-hybridized carbons (Fsp3) is 0.769. The van der Waals surface area contributed by atoms with E-state index in [0.717, 1.165) is 25.7 Å². The van der Waals surface area contributed by atoms with Crippen LogP contribution in [0.4, 0.5) is 0 Å². The van der Waals surface area contributed by atoms with Gasteiger partial charge in [-0.25, -0.2) is 0 Å². The number of carbonyl (C=O) groups excluding carboxylic acids is 3. The summed E-state index contributed by atoms with van der Waals surface area (Å²) in [6.07, 6.45) is 3.54. The molecule has 0 spiro atoms. The lowest BCUT2D eigenvalue weighted by atomic mass is 9.82. The van der Waals surface area contributed by atoms with Crippen molar-refractivity contribution in [2.45, 2.75) is 31.7 Å². The number of rotatable bonds is 7. The van der Waals surface area contributed by atoms with Crippen molar-refractivity contribution < 1.29 is 24.2 Å². The molecule has 0 aliphatic heterocycles. The Morgan fingerprint density at radius 3 is 2.50 bits per heavy atom. The van der Waals surface area contributed by atoms with Gasteiger partial charge in [-0.3, -0.25) is 19.7 Å². The van der Waals surface area contributed by atoms with Crippen LogP contribution in [0.5, 0.6) is 0 Å². The highest BCUT2D eigenvalue weighted by atomic mass is 16.5. The topological polar surface area (TPSA) is 105 Å². The number of hydrogen-bond acceptors (Lipinski definition) is 5. The fourth-order valence-electron chi connectivity index (χ4n) is 2.47. The van der Waals surface area contributed by atoms with E-state index >= 15 is 0 Å². The summed E-state index contributed by atoms with van der Waals surface area (Å²) in [7, 11) is 1.66. The molecule has 114 valence electrons. The Balaban J connectivity index is 2.42. The molecule has 1 saturated carbocycles. The van der Waals surface area contributed by atoms with E-state index in [4.69, 9.17) is 9.84 Å². The quantitative estimate of drug-likeness (QED) is 0.531. The first-order valence-corrected chi connectivity index (χ1v) is 6.76. The summed E-state index contributed by atoms with van der Waals surface area (Å²) in [5.41, 5.74) is 0. The molecule has 0 saturated heterocycles. The van der Waals surface area contributed by atoms with Crippen LogP contribution >= 0.6 is 0 Å². The van der Waals surface area contributed by atoms with Crippen molar-refractivity contribution >= 4 is 18.2 Å². The van der Waals surface area contributed by atoms with Crippen LogP contribution in [-0.2, 0) is 19.1 Å². The van der Waals surface area contributed by atoms with Crippen molar-refractivity contribution in [1.82, 2.24) is 10.6 Å². The van der Waals surface area contributed by atoms with Crippen LogP contribution in [0.15, 0.2) is 0 Å². The first-order valence-electron chi connectivity index (χ1n) is 6.76. The zero-order valence-electron chi connectivity index (χ0n) is 11.6. The van der Waals surface area contributed by atoms with Crippen LogP contribution in [-0.4, -0.2) is 49.7 Å². The van der Waals surface area contributed by atoms with Crippen LogP contribution in [0.2, 0.25) is 0 Å². The second-order valence-corrected chi connectivity index (χ2v) is 5.04. The second-order valence-electron chi connectivity index (χ2n) is 5.04. The molecule has 1 rings (SSSR count). The third-order valence-electron chi connectivity index (χ3n) is 3.64. The third-order valence-corrected chi connectivity index (χ3v) is 3.64. The Hall–Kier alpha value is -1.47. The zero-order valence-corrected chi connectivity index (χ0v) is 11.6. The van der Waals surface area contributed by atoms with Gasteiger partial charge in [-0.2, -0.15) is 0 Å². The molecular weight excluding hydrogens is 264 g/mol. The molecule has 0 bridgehead atoms. The molecular formula is C13H22N2O5. The van der Waals surface area contributed by atoms with E-state index in [9.17, 15) is 14.4 Å². The van der Waals surface area contributed by atoms with Crippen molar-refractivity contribution in [3.63, 3.8) is 0 Å². The highest BCUT2D eigenvalue weighted by molar-refractivity contribution is 5.93. The highest BCUT2D eigenvalue weighted by Gasteiger charge is 2.29. The van der Waals surface area contributed by atoms with Gasteiger partial charge in [0.15, 0.2) is 0 Å². The molecule has 1 aliphatic carbocycles. The van der Waals surface area contributed by atoms with Crippen LogP contribution in [0, 0.1) is 11.8 Å². The summed E-state index contributed by atoms with van der Waals surface area (Å²) in [4.78, 5) is 33.6. The number of carbonyl (C=O) groups is 3. The summed E-state index contributed by atoms with van der Waals surface area (Å²) >= 11 is 0. The average molecular weight is 286 g/mol. The van der Waals surface area contributed by atoms with E-state index < -0.39 is 18.6 Å². The van der Waals surface area contributed by atoms with Gasteiger partial charge in [0, 0.05) is 19.6 Å². The van der Waals surface area contributed by atoms with Crippen molar-refractivity contribution in [3.8, 4) is 0 Å². The molecule has 0 aromatic rings. The lowest BCUT2D eigenvalue weighted by Gasteiger charge is -2.28. The second kappa shape index (κ2) is 8.65. The Bertz CT molecular complexity index is 340. The minimum atomic E-state index is -1.08. The Morgan fingerprint density at radius 1 is 1.35 bits per heavy atom. The minimum Gasteiger partial charge on any atom is -0.394 e. The summed E-state index contributed by atoms with van der Waals surface area (Å²) < 4.78 is 5.10. The number of nitrogens with one attached hydrogen (secondary N) is 2. The molecule has 1 atom stereocenters. The van der Waals surface area contributed by atoms with E-state index in [1.54, 1.807) is 7.11 Å². The SMILES string of the molecule is COCC1CCC(C(=O)NC(CO)C(=O)NC=O)CC1. The molecule has 1 fully saturated rings. The molecule has 3 amide bonds. The number of ether oxygens (including phenoxy) is 1. The van der Waals surface area contributed by atoms with E-state index in [1.807, 2.05) is 5.32 Å². The lowest BCUT2D eigenvalue weighted by molar-refractivity contribution is -0.134. The Kier molecular flexibility index (Phi) is 7.17. The predicted octanol–water partition coefficient (Wildman–Crippen LogP) is -0.811. The first kappa shape index (κ1) is 16.6.